The Morgan fingerprint density at radius 1 is 1.05 bits per heavy atom. The van der Waals surface area contributed by atoms with Gasteiger partial charge in [0, 0.05) is 17.8 Å². The second-order valence-corrected chi connectivity index (χ2v) is 10.4. The Balaban J connectivity index is 1.61. The molecule has 10 nitrogen and oxygen atoms in total. The van der Waals surface area contributed by atoms with Gasteiger partial charge in [0.25, 0.3) is 5.91 Å². The monoisotopic (exact) mass is 535 g/mol. The molecular formula is C29H37N5O5. The van der Waals surface area contributed by atoms with E-state index < -0.39 is 30.2 Å². The number of fused-ring (bicyclic) bond motifs is 12. The number of hydrogen-bond acceptors (Lipinski definition) is 8. The first-order valence-electron chi connectivity index (χ1n) is 13.3. The van der Waals surface area contributed by atoms with E-state index in [0.29, 0.717) is 36.5 Å². The minimum absolute atomic E-state index is 0.0774. The van der Waals surface area contributed by atoms with Crippen LogP contribution in [0.3, 0.4) is 0 Å². The van der Waals surface area contributed by atoms with Crippen molar-refractivity contribution in [2.75, 3.05) is 13.2 Å². The molecule has 1 aromatic heterocycles. The van der Waals surface area contributed by atoms with Gasteiger partial charge in [0.05, 0.1) is 11.4 Å². The fraction of sp³-hybridized carbons (Fsp3) is 0.448. The number of aromatic nitrogens is 1. The van der Waals surface area contributed by atoms with Crippen LogP contribution < -0.4 is 20.8 Å². The van der Waals surface area contributed by atoms with Crippen LogP contribution >= 0.6 is 0 Å². The fourth-order valence-electron chi connectivity index (χ4n) is 4.56. The number of hydrazine groups is 1. The highest BCUT2D eigenvalue weighted by Crippen LogP contribution is 2.24. The number of benzene rings is 1. The van der Waals surface area contributed by atoms with Gasteiger partial charge in [0.15, 0.2) is 0 Å². The molecule has 0 aliphatic carbocycles. The summed E-state index contributed by atoms with van der Waals surface area (Å²) in [5, 5.41) is 7.34. The van der Waals surface area contributed by atoms with Gasteiger partial charge in [-0.05, 0) is 69.0 Å². The van der Waals surface area contributed by atoms with E-state index >= 15 is 0 Å². The third-order valence-electron chi connectivity index (χ3n) is 6.82. The molecule has 4 heterocycles. The predicted octanol–water partition coefficient (Wildman–Crippen LogP) is 2.87. The van der Waals surface area contributed by atoms with Gasteiger partial charge in [0.1, 0.15) is 36.6 Å². The molecule has 0 radical (unpaired) electrons. The maximum atomic E-state index is 13.2. The second-order valence-electron chi connectivity index (χ2n) is 10.4. The van der Waals surface area contributed by atoms with E-state index in [2.05, 4.69) is 22.6 Å². The smallest absolute Gasteiger partial charge is 0.325 e. The van der Waals surface area contributed by atoms with Crippen molar-refractivity contribution in [3.63, 3.8) is 0 Å². The van der Waals surface area contributed by atoms with Crippen LogP contribution in [0.1, 0.15) is 52.3 Å². The topological polar surface area (TPSA) is 122 Å². The molecule has 39 heavy (non-hydrogen) atoms. The van der Waals surface area contributed by atoms with Gasteiger partial charge in [-0.1, -0.05) is 26.5 Å². The Kier molecular flexibility index (Phi) is 8.86. The summed E-state index contributed by atoms with van der Waals surface area (Å²) in [4.78, 5) is 44.0. The molecule has 10 heteroatoms. The molecular weight excluding hydrogens is 498 g/mol. The lowest BCUT2D eigenvalue weighted by Gasteiger charge is -2.35. The number of ether oxygens (including phenoxy) is 2. The van der Waals surface area contributed by atoms with Crippen LogP contribution in [-0.4, -0.2) is 59.1 Å². The maximum Gasteiger partial charge on any atom is 0.325 e. The van der Waals surface area contributed by atoms with Crippen LogP contribution in [0.4, 0.5) is 0 Å². The molecule has 1 fully saturated rings. The zero-order chi connectivity index (χ0) is 28.1. The summed E-state index contributed by atoms with van der Waals surface area (Å²) in [6, 6.07) is 11.0. The predicted molar refractivity (Wildman–Crippen MR) is 146 cm³/mol. The lowest BCUT2D eigenvalue weighted by atomic mass is 10.0. The number of hydrogen-bond donors (Lipinski definition) is 3. The Morgan fingerprint density at radius 3 is 2.51 bits per heavy atom. The van der Waals surface area contributed by atoms with E-state index in [4.69, 9.17) is 14.5 Å². The zero-order valence-electron chi connectivity index (χ0n) is 22.9. The summed E-state index contributed by atoms with van der Waals surface area (Å²) in [5.74, 6) is -0.561. The summed E-state index contributed by atoms with van der Waals surface area (Å²) < 4.78 is 11.6. The third-order valence-corrected chi connectivity index (χ3v) is 6.82. The van der Waals surface area contributed by atoms with Crippen LogP contribution in [-0.2, 0) is 19.1 Å². The first kappa shape index (κ1) is 28.1. The number of carbonyl (C=O) groups excluding carboxylic acids is 3. The van der Waals surface area contributed by atoms with Gasteiger partial charge in [-0.15, -0.1) is 0 Å². The minimum Gasteiger partial charge on any atom is -0.487 e. The second kappa shape index (κ2) is 12.3. The summed E-state index contributed by atoms with van der Waals surface area (Å²) in [7, 11) is 0. The Labute approximate surface area is 229 Å². The lowest BCUT2D eigenvalue weighted by Crippen LogP contribution is -2.60. The molecule has 1 aromatic carbocycles. The molecule has 4 atom stereocenters. The van der Waals surface area contributed by atoms with Crippen LogP contribution in [0, 0.1) is 5.92 Å². The standard InChI is InChI=1S/C29H37N5O5/c1-17(2)26-27(35)31-19(4)28(36)34-15-7-10-25(33-34)29(37)39-20(5)23-8-6-9-24(32-23)21-11-13-22(14-12-21)38-16-18(3)30-26/h6,8-9,11-14,17,19-20,25-26,30,33H,3,7,10,15-16H2,1-2,4-5H3,(H,31,35)/t19-,20+,25-,26-/m0/s1. The molecule has 6 bridgehead atoms. The van der Waals surface area contributed by atoms with Gasteiger partial charge in [-0.2, -0.15) is 0 Å². The van der Waals surface area contributed by atoms with Crippen LogP contribution in [0.15, 0.2) is 54.7 Å². The van der Waals surface area contributed by atoms with Crippen LogP contribution in [0.2, 0.25) is 0 Å². The molecule has 3 aliphatic heterocycles. The number of esters is 1. The third kappa shape index (κ3) is 6.94. The highest BCUT2D eigenvalue weighted by Gasteiger charge is 2.33. The molecule has 2 amide bonds. The van der Waals surface area contributed by atoms with Gasteiger partial charge in [0.2, 0.25) is 5.91 Å². The molecule has 0 spiro atoms. The van der Waals surface area contributed by atoms with Crippen molar-refractivity contribution in [3.8, 4) is 17.0 Å². The van der Waals surface area contributed by atoms with Crippen molar-refractivity contribution in [1.82, 2.24) is 26.1 Å². The molecule has 2 aromatic rings. The summed E-state index contributed by atoms with van der Waals surface area (Å²) in [6.45, 7) is 11.8. The molecule has 5 rings (SSSR count). The number of nitrogens with one attached hydrogen (secondary N) is 3. The van der Waals surface area contributed by atoms with E-state index in [-0.39, 0.29) is 24.3 Å². The van der Waals surface area contributed by atoms with E-state index in [0.717, 1.165) is 11.3 Å². The van der Waals surface area contributed by atoms with Gasteiger partial charge in [-0.3, -0.25) is 19.4 Å². The van der Waals surface area contributed by atoms with E-state index in [9.17, 15) is 14.4 Å². The molecule has 208 valence electrons. The number of rotatable bonds is 1. The van der Waals surface area contributed by atoms with E-state index in [1.165, 1.54) is 5.01 Å². The lowest BCUT2D eigenvalue weighted by molar-refractivity contribution is -0.157. The van der Waals surface area contributed by atoms with Crippen molar-refractivity contribution < 1.29 is 23.9 Å². The first-order valence-corrected chi connectivity index (χ1v) is 13.3. The molecule has 0 saturated carbocycles. The molecule has 1 saturated heterocycles. The Hall–Kier alpha value is -3.92. The normalized spacial score (nSPS) is 25.1. The SMILES string of the molecule is C=C1COc2ccc(cc2)-c2cccc(n2)[C@@H](C)OC(=O)[C@@H]2CCCN(N2)C(=O)[C@H](C)NC(=O)[C@H](C(C)C)N1. The average molecular weight is 536 g/mol. The minimum atomic E-state index is -0.811. The fourth-order valence-corrected chi connectivity index (χ4v) is 4.56. The number of pyridine rings is 1. The number of carbonyl (C=O) groups is 3. The largest absolute Gasteiger partial charge is 0.487 e. The van der Waals surface area contributed by atoms with Crippen LogP contribution in [0.25, 0.3) is 11.3 Å². The Bertz CT molecular complexity index is 1210. The summed E-state index contributed by atoms with van der Waals surface area (Å²) in [6.07, 6.45) is 0.558. The zero-order valence-corrected chi connectivity index (χ0v) is 22.9. The molecule has 3 aliphatic rings. The highest BCUT2D eigenvalue weighted by molar-refractivity contribution is 5.90. The first-order chi connectivity index (χ1) is 18.6. The van der Waals surface area contributed by atoms with Crippen molar-refractivity contribution in [2.45, 2.75) is 64.8 Å². The van der Waals surface area contributed by atoms with Crippen molar-refractivity contribution in [1.29, 1.82) is 0 Å². The average Bonchev–Trinajstić information content (AvgIpc) is 2.94. The van der Waals surface area contributed by atoms with Crippen molar-refractivity contribution in [2.24, 2.45) is 5.92 Å². The van der Waals surface area contributed by atoms with Gasteiger partial charge < -0.3 is 20.1 Å². The Morgan fingerprint density at radius 2 is 1.79 bits per heavy atom. The van der Waals surface area contributed by atoms with Gasteiger partial charge in [-0.25, -0.2) is 10.4 Å². The summed E-state index contributed by atoms with van der Waals surface area (Å²) >= 11 is 0. The van der Waals surface area contributed by atoms with E-state index in [1.807, 2.05) is 56.3 Å². The molecule has 3 N–H and O–H groups in total. The van der Waals surface area contributed by atoms with Crippen LogP contribution in [0.5, 0.6) is 5.75 Å². The number of amides is 2. The quantitative estimate of drug-likeness (QED) is 0.377. The van der Waals surface area contributed by atoms with E-state index in [1.54, 1.807) is 13.8 Å². The maximum absolute atomic E-state index is 13.2. The van der Waals surface area contributed by atoms with Crippen molar-refractivity contribution in [3.05, 3.63) is 60.4 Å². The number of nitrogens with zero attached hydrogens (tertiary/aromatic N) is 2. The van der Waals surface area contributed by atoms with Crippen molar-refractivity contribution >= 4 is 17.8 Å². The van der Waals surface area contributed by atoms with Gasteiger partial charge >= 0.3 is 5.97 Å². The summed E-state index contributed by atoms with van der Waals surface area (Å²) in [5.41, 5.74) is 5.77. The highest BCUT2D eigenvalue weighted by atomic mass is 16.5. The molecule has 0 unspecified atom stereocenters.